The molecule has 24 heavy (non-hydrogen) atoms. The van der Waals surface area contributed by atoms with Crippen molar-refractivity contribution in [3.05, 3.63) is 78.0 Å². The average molecular weight is 307 g/mol. The number of nitrogens with zero attached hydrogens (tertiary/aromatic N) is 1. The molecule has 0 unspecified atom stereocenters. The number of fused-ring (bicyclic) bond motifs is 10. The van der Waals surface area contributed by atoms with Crippen molar-refractivity contribution in [1.29, 1.82) is 0 Å². The van der Waals surface area contributed by atoms with Gasteiger partial charge in [-0.3, -0.25) is 4.98 Å². The molecule has 0 fully saturated rings. The Labute approximate surface area is 138 Å². The summed E-state index contributed by atoms with van der Waals surface area (Å²) in [6.07, 6.45) is 2.80. The molecule has 0 spiro atoms. The van der Waals surface area contributed by atoms with Crippen LogP contribution < -0.4 is 0 Å². The molecule has 0 saturated heterocycles. The molecule has 5 aromatic rings. The molecular weight excluding hydrogens is 294 g/mol. The van der Waals surface area contributed by atoms with Crippen LogP contribution in [0.25, 0.3) is 44.0 Å². The Morgan fingerprint density at radius 1 is 0.833 bits per heavy atom. The summed E-state index contributed by atoms with van der Waals surface area (Å²) in [7, 11) is 0. The Balaban J connectivity index is 1.95. The number of hydrogen-bond acceptors (Lipinski definition) is 2. The standard InChI is InChI=1S/C22H13NO/c1-2-7-14-13(6-1)12-17-19(14)16-9-5-11-23-21(16)22-20(17)15-8-3-4-10-18(15)24-22/h1-11H,12H2. The molecule has 6 rings (SSSR count). The second-order valence-corrected chi connectivity index (χ2v) is 6.39. The van der Waals surface area contributed by atoms with Gasteiger partial charge < -0.3 is 4.42 Å². The van der Waals surface area contributed by atoms with Crippen LogP contribution in [0.3, 0.4) is 0 Å². The van der Waals surface area contributed by atoms with E-state index in [0.717, 1.165) is 23.1 Å². The van der Waals surface area contributed by atoms with Gasteiger partial charge in [-0.05, 0) is 40.8 Å². The third-order valence-corrected chi connectivity index (χ3v) is 5.15. The van der Waals surface area contributed by atoms with E-state index in [1.54, 1.807) is 0 Å². The quantitative estimate of drug-likeness (QED) is 0.359. The Hall–Kier alpha value is -3.13. The van der Waals surface area contributed by atoms with Crippen LogP contribution in [-0.4, -0.2) is 4.98 Å². The van der Waals surface area contributed by atoms with Gasteiger partial charge >= 0.3 is 0 Å². The summed E-state index contributed by atoms with van der Waals surface area (Å²) in [4.78, 5) is 4.66. The van der Waals surface area contributed by atoms with Gasteiger partial charge in [0.15, 0.2) is 5.58 Å². The number of para-hydroxylation sites is 1. The van der Waals surface area contributed by atoms with Crippen LogP contribution in [0.5, 0.6) is 0 Å². The highest BCUT2D eigenvalue weighted by Gasteiger charge is 2.26. The number of rotatable bonds is 0. The van der Waals surface area contributed by atoms with Crippen LogP contribution in [0.1, 0.15) is 11.1 Å². The van der Waals surface area contributed by atoms with Gasteiger partial charge in [0.1, 0.15) is 11.1 Å². The summed E-state index contributed by atoms with van der Waals surface area (Å²) in [5.74, 6) is 0. The first-order valence-electron chi connectivity index (χ1n) is 8.21. The van der Waals surface area contributed by atoms with E-state index < -0.39 is 0 Å². The first-order valence-corrected chi connectivity index (χ1v) is 8.21. The maximum atomic E-state index is 6.23. The first kappa shape index (κ1) is 12.3. The predicted molar refractivity (Wildman–Crippen MR) is 97.3 cm³/mol. The maximum absolute atomic E-state index is 6.23. The molecule has 2 nitrogen and oxygen atoms in total. The molecule has 0 saturated carbocycles. The van der Waals surface area contributed by atoms with Crippen LogP contribution in [0.15, 0.2) is 71.3 Å². The van der Waals surface area contributed by atoms with Crippen molar-refractivity contribution in [3.8, 4) is 11.1 Å². The first-order chi connectivity index (χ1) is 11.9. The Morgan fingerprint density at radius 3 is 2.67 bits per heavy atom. The van der Waals surface area contributed by atoms with Crippen molar-refractivity contribution >= 4 is 32.8 Å². The van der Waals surface area contributed by atoms with Crippen molar-refractivity contribution in [1.82, 2.24) is 4.98 Å². The van der Waals surface area contributed by atoms with Crippen LogP contribution in [-0.2, 0) is 6.42 Å². The van der Waals surface area contributed by atoms with Gasteiger partial charge in [0.25, 0.3) is 0 Å². The predicted octanol–water partition coefficient (Wildman–Crippen LogP) is 5.71. The second-order valence-electron chi connectivity index (χ2n) is 6.39. The minimum atomic E-state index is 0.915. The average Bonchev–Trinajstić information content (AvgIpc) is 3.20. The molecule has 0 bridgehead atoms. The lowest BCUT2D eigenvalue weighted by atomic mass is 9.96. The van der Waals surface area contributed by atoms with Crippen LogP contribution in [0.4, 0.5) is 0 Å². The molecule has 2 heteroatoms. The number of benzene rings is 3. The van der Waals surface area contributed by atoms with Crippen molar-refractivity contribution in [3.63, 3.8) is 0 Å². The van der Waals surface area contributed by atoms with Gasteiger partial charge in [-0.2, -0.15) is 0 Å². The van der Waals surface area contributed by atoms with Crippen LogP contribution in [0, 0.1) is 0 Å². The fraction of sp³-hybridized carbons (Fsp3) is 0.0455. The topological polar surface area (TPSA) is 26.0 Å². The van der Waals surface area contributed by atoms with Gasteiger partial charge in [0.05, 0.1) is 0 Å². The van der Waals surface area contributed by atoms with Crippen molar-refractivity contribution in [2.24, 2.45) is 0 Å². The Kier molecular flexibility index (Phi) is 2.17. The second kappa shape index (κ2) is 4.24. The van der Waals surface area contributed by atoms with Gasteiger partial charge in [-0.25, -0.2) is 0 Å². The maximum Gasteiger partial charge on any atom is 0.161 e. The monoisotopic (exact) mass is 307 g/mol. The summed E-state index contributed by atoms with van der Waals surface area (Å²) in [5.41, 5.74) is 8.22. The molecule has 0 amide bonds. The molecule has 0 aliphatic heterocycles. The van der Waals surface area contributed by atoms with E-state index in [4.69, 9.17) is 4.42 Å². The highest BCUT2D eigenvalue weighted by Crippen LogP contribution is 2.47. The third kappa shape index (κ3) is 1.39. The van der Waals surface area contributed by atoms with E-state index in [1.807, 2.05) is 24.4 Å². The highest BCUT2D eigenvalue weighted by molar-refractivity contribution is 6.21. The van der Waals surface area contributed by atoms with E-state index in [9.17, 15) is 0 Å². The van der Waals surface area contributed by atoms with Crippen LogP contribution >= 0.6 is 0 Å². The molecular formula is C22H13NO. The normalized spacial score (nSPS) is 12.8. The van der Waals surface area contributed by atoms with E-state index in [2.05, 4.69) is 47.4 Å². The lowest BCUT2D eigenvalue weighted by Gasteiger charge is -2.08. The zero-order chi connectivity index (χ0) is 15.7. The number of hydrogen-bond donors (Lipinski definition) is 0. The molecule has 112 valence electrons. The minimum absolute atomic E-state index is 0.915. The molecule has 2 aromatic heterocycles. The molecule has 2 heterocycles. The fourth-order valence-electron chi connectivity index (χ4n) is 4.18. The fourth-order valence-corrected chi connectivity index (χ4v) is 4.18. The molecule has 0 N–H and O–H groups in total. The largest absolute Gasteiger partial charge is 0.454 e. The Bertz CT molecular complexity index is 1280. The van der Waals surface area contributed by atoms with E-state index in [-0.39, 0.29) is 0 Å². The summed E-state index contributed by atoms with van der Waals surface area (Å²) in [6, 6.07) is 21.2. The number of aromatic nitrogens is 1. The van der Waals surface area contributed by atoms with E-state index in [0.29, 0.717) is 0 Å². The number of pyridine rings is 1. The molecule has 1 aliphatic carbocycles. The smallest absolute Gasteiger partial charge is 0.161 e. The van der Waals surface area contributed by atoms with Crippen molar-refractivity contribution in [2.75, 3.05) is 0 Å². The third-order valence-electron chi connectivity index (χ3n) is 5.15. The van der Waals surface area contributed by atoms with Gasteiger partial charge in [0, 0.05) is 22.4 Å². The zero-order valence-corrected chi connectivity index (χ0v) is 12.9. The molecule has 3 aromatic carbocycles. The highest BCUT2D eigenvalue weighted by atomic mass is 16.3. The van der Waals surface area contributed by atoms with E-state index >= 15 is 0 Å². The lowest BCUT2D eigenvalue weighted by Crippen LogP contribution is -1.87. The molecule has 0 radical (unpaired) electrons. The minimum Gasteiger partial charge on any atom is -0.454 e. The van der Waals surface area contributed by atoms with E-state index in [1.165, 1.54) is 38.4 Å². The summed E-state index contributed by atoms with van der Waals surface area (Å²) in [5, 5.41) is 3.59. The summed E-state index contributed by atoms with van der Waals surface area (Å²) >= 11 is 0. The molecule has 0 atom stereocenters. The summed E-state index contributed by atoms with van der Waals surface area (Å²) in [6.45, 7) is 0. The lowest BCUT2D eigenvalue weighted by molar-refractivity contribution is 0.671. The molecule has 1 aliphatic rings. The van der Waals surface area contributed by atoms with Crippen LogP contribution in [0.2, 0.25) is 0 Å². The number of furan rings is 1. The summed E-state index contributed by atoms with van der Waals surface area (Å²) < 4.78 is 6.23. The zero-order valence-electron chi connectivity index (χ0n) is 12.9. The van der Waals surface area contributed by atoms with Gasteiger partial charge in [0.2, 0.25) is 0 Å². The Morgan fingerprint density at radius 2 is 1.67 bits per heavy atom. The van der Waals surface area contributed by atoms with Crippen molar-refractivity contribution < 1.29 is 4.42 Å². The van der Waals surface area contributed by atoms with Crippen molar-refractivity contribution in [2.45, 2.75) is 6.42 Å². The SMILES string of the molecule is c1ccc2c(c1)Cc1c-2c2cccnc2c2oc3ccccc3c12. The van der Waals surface area contributed by atoms with Gasteiger partial charge in [-0.15, -0.1) is 0 Å². The van der Waals surface area contributed by atoms with Gasteiger partial charge in [-0.1, -0.05) is 48.5 Å².